The molecule has 1 aliphatic heterocycles. The van der Waals surface area contributed by atoms with Gasteiger partial charge in [-0.1, -0.05) is 6.07 Å². The Labute approximate surface area is 206 Å². The lowest BCUT2D eigenvalue weighted by Crippen LogP contribution is -2.31. The van der Waals surface area contributed by atoms with E-state index in [4.69, 9.17) is 13.9 Å². The SMILES string of the molecule is COc1cc(C2c3c(oc4c(C)cc(C)cc4c3=O)C(=O)N2CCCOC(C)C)cc(Br)c1O. The highest BCUT2D eigenvalue weighted by molar-refractivity contribution is 9.10. The molecule has 0 spiro atoms. The van der Waals surface area contributed by atoms with Gasteiger partial charge in [-0.15, -0.1) is 0 Å². The molecule has 2 aromatic carbocycles. The highest BCUT2D eigenvalue weighted by atomic mass is 79.9. The number of amides is 1. The summed E-state index contributed by atoms with van der Waals surface area (Å²) in [7, 11) is 1.45. The normalized spacial score (nSPS) is 15.4. The van der Waals surface area contributed by atoms with Crippen LogP contribution in [0.2, 0.25) is 0 Å². The van der Waals surface area contributed by atoms with Crippen LogP contribution in [-0.2, 0) is 4.74 Å². The number of aryl methyl sites for hydroxylation is 2. The summed E-state index contributed by atoms with van der Waals surface area (Å²) in [5.41, 5.74) is 2.87. The molecular formula is C26H28BrNO6. The van der Waals surface area contributed by atoms with Crippen LogP contribution < -0.4 is 10.2 Å². The molecule has 1 aliphatic rings. The molecule has 1 aromatic heterocycles. The number of carbonyl (C=O) groups excluding carboxylic acids is 1. The van der Waals surface area contributed by atoms with E-state index in [0.29, 0.717) is 46.1 Å². The largest absolute Gasteiger partial charge is 0.503 e. The molecule has 2 heterocycles. The molecule has 0 aliphatic carbocycles. The maximum absolute atomic E-state index is 13.8. The van der Waals surface area contributed by atoms with E-state index in [-0.39, 0.29) is 34.7 Å². The molecule has 34 heavy (non-hydrogen) atoms. The van der Waals surface area contributed by atoms with Crippen LogP contribution in [0.1, 0.15) is 59.1 Å². The molecule has 0 fully saturated rings. The summed E-state index contributed by atoms with van der Waals surface area (Å²) in [6, 6.07) is 6.39. The predicted octanol–water partition coefficient (Wildman–Crippen LogP) is 5.25. The number of carbonyl (C=O) groups is 1. The van der Waals surface area contributed by atoms with Crippen LogP contribution in [0.25, 0.3) is 11.0 Å². The summed E-state index contributed by atoms with van der Waals surface area (Å²) in [6.07, 6.45) is 0.677. The number of hydrogen-bond acceptors (Lipinski definition) is 6. The van der Waals surface area contributed by atoms with Gasteiger partial charge in [-0.2, -0.15) is 0 Å². The molecule has 0 radical (unpaired) electrons. The van der Waals surface area contributed by atoms with Gasteiger partial charge in [0.2, 0.25) is 5.76 Å². The van der Waals surface area contributed by atoms with Gasteiger partial charge in [0, 0.05) is 13.2 Å². The number of ether oxygens (including phenoxy) is 2. The third-order valence-electron chi connectivity index (χ3n) is 5.98. The molecule has 1 unspecified atom stereocenters. The second-order valence-electron chi connectivity index (χ2n) is 8.86. The molecule has 1 atom stereocenters. The van der Waals surface area contributed by atoms with Crippen molar-refractivity contribution in [1.29, 1.82) is 0 Å². The number of hydrogen-bond donors (Lipinski definition) is 1. The molecule has 1 N–H and O–H groups in total. The number of halogens is 1. The van der Waals surface area contributed by atoms with E-state index in [1.54, 1.807) is 23.1 Å². The first kappa shape index (κ1) is 24.3. The van der Waals surface area contributed by atoms with Crippen molar-refractivity contribution in [3.63, 3.8) is 0 Å². The Kier molecular flexibility index (Phi) is 6.73. The van der Waals surface area contributed by atoms with Gasteiger partial charge in [0.05, 0.1) is 34.7 Å². The fourth-order valence-corrected chi connectivity index (χ4v) is 4.97. The average Bonchev–Trinajstić information content (AvgIpc) is 3.06. The molecule has 0 saturated heterocycles. The first-order valence-electron chi connectivity index (χ1n) is 11.2. The van der Waals surface area contributed by atoms with Gasteiger partial charge in [-0.25, -0.2) is 0 Å². The van der Waals surface area contributed by atoms with Gasteiger partial charge in [-0.05, 0) is 84.9 Å². The lowest BCUT2D eigenvalue weighted by Gasteiger charge is -2.26. The van der Waals surface area contributed by atoms with Gasteiger partial charge < -0.3 is 23.9 Å². The number of methoxy groups -OCH3 is 1. The fourth-order valence-electron chi connectivity index (χ4n) is 4.51. The summed E-state index contributed by atoms with van der Waals surface area (Å²) >= 11 is 3.36. The van der Waals surface area contributed by atoms with Gasteiger partial charge in [0.15, 0.2) is 16.9 Å². The smallest absolute Gasteiger partial charge is 0.290 e. The summed E-state index contributed by atoms with van der Waals surface area (Å²) in [5, 5.41) is 10.8. The molecule has 180 valence electrons. The van der Waals surface area contributed by atoms with Crippen molar-refractivity contribution in [3.8, 4) is 11.5 Å². The third-order valence-corrected chi connectivity index (χ3v) is 6.58. The molecule has 4 rings (SSSR count). The number of phenolic OH excluding ortho intramolecular Hbond substituents is 1. The average molecular weight is 530 g/mol. The molecule has 1 amide bonds. The van der Waals surface area contributed by atoms with E-state index >= 15 is 0 Å². The number of aromatic hydroxyl groups is 1. The van der Waals surface area contributed by atoms with E-state index in [1.165, 1.54) is 7.11 Å². The summed E-state index contributed by atoms with van der Waals surface area (Å²) < 4.78 is 17.5. The van der Waals surface area contributed by atoms with Gasteiger partial charge in [0.1, 0.15) is 5.58 Å². The zero-order valence-corrected chi connectivity index (χ0v) is 21.5. The molecular weight excluding hydrogens is 502 g/mol. The maximum Gasteiger partial charge on any atom is 0.290 e. The highest BCUT2D eigenvalue weighted by Crippen LogP contribution is 2.43. The van der Waals surface area contributed by atoms with Crippen molar-refractivity contribution in [2.75, 3.05) is 20.3 Å². The van der Waals surface area contributed by atoms with E-state index in [1.807, 2.05) is 33.8 Å². The Hall–Kier alpha value is -2.84. The van der Waals surface area contributed by atoms with Crippen molar-refractivity contribution in [2.45, 2.75) is 46.3 Å². The molecule has 3 aromatic rings. The fraction of sp³-hybridized carbons (Fsp3) is 0.385. The summed E-state index contributed by atoms with van der Waals surface area (Å²) in [4.78, 5) is 29.0. The Balaban J connectivity index is 1.91. The zero-order valence-electron chi connectivity index (χ0n) is 19.9. The quantitative estimate of drug-likeness (QED) is 0.420. The minimum atomic E-state index is -0.686. The van der Waals surface area contributed by atoms with Crippen LogP contribution in [0.4, 0.5) is 0 Å². The Morgan fingerprint density at radius 2 is 1.91 bits per heavy atom. The second kappa shape index (κ2) is 9.43. The van der Waals surface area contributed by atoms with Crippen LogP contribution >= 0.6 is 15.9 Å². The minimum absolute atomic E-state index is 0.0514. The van der Waals surface area contributed by atoms with Crippen molar-refractivity contribution in [2.24, 2.45) is 0 Å². The molecule has 7 nitrogen and oxygen atoms in total. The Morgan fingerprint density at radius 1 is 1.18 bits per heavy atom. The number of rotatable bonds is 7. The second-order valence-corrected chi connectivity index (χ2v) is 9.71. The first-order valence-corrected chi connectivity index (χ1v) is 12.0. The molecule has 0 bridgehead atoms. The number of benzene rings is 2. The first-order chi connectivity index (χ1) is 16.1. The Bertz CT molecular complexity index is 1330. The number of nitrogens with zero attached hydrogens (tertiary/aromatic N) is 1. The van der Waals surface area contributed by atoms with Crippen molar-refractivity contribution in [1.82, 2.24) is 4.90 Å². The van der Waals surface area contributed by atoms with E-state index in [0.717, 1.165) is 11.1 Å². The van der Waals surface area contributed by atoms with Gasteiger partial charge in [-0.3, -0.25) is 9.59 Å². The minimum Gasteiger partial charge on any atom is -0.503 e. The van der Waals surface area contributed by atoms with Crippen LogP contribution in [0, 0.1) is 13.8 Å². The van der Waals surface area contributed by atoms with Crippen molar-refractivity contribution < 1.29 is 23.8 Å². The van der Waals surface area contributed by atoms with Gasteiger partial charge >= 0.3 is 0 Å². The topological polar surface area (TPSA) is 89.2 Å². The maximum atomic E-state index is 13.8. The standard InChI is InChI=1S/C26H28BrNO6/c1-13(2)33-8-6-7-28-21(16-11-18(27)23(30)19(12-16)32-5)20-22(29)17-10-14(3)9-15(4)24(17)34-25(20)26(28)31/h9-13,21,30H,6-8H2,1-5H3. The van der Waals surface area contributed by atoms with E-state index in [2.05, 4.69) is 15.9 Å². The lowest BCUT2D eigenvalue weighted by molar-refractivity contribution is 0.0593. The predicted molar refractivity (Wildman–Crippen MR) is 133 cm³/mol. The van der Waals surface area contributed by atoms with Crippen LogP contribution in [0.3, 0.4) is 0 Å². The summed E-state index contributed by atoms with van der Waals surface area (Å²) in [5.74, 6) is -0.0937. The highest BCUT2D eigenvalue weighted by Gasteiger charge is 2.43. The number of phenols is 1. The van der Waals surface area contributed by atoms with Crippen molar-refractivity contribution >= 4 is 32.8 Å². The molecule has 8 heteroatoms. The van der Waals surface area contributed by atoms with E-state index in [9.17, 15) is 14.7 Å². The van der Waals surface area contributed by atoms with Crippen LogP contribution in [-0.4, -0.2) is 42.3 Å². The molecule has 0 saturated carbocycles. The summed E-state index contributed by atoms with van der Waals surface area (Å²) in [6.45, 7) is 8.55. The third kappa shape index (κ3) is 4.20. The van der Waals surface area contributed by atoms with Gasteiger partial charge in [0.25, 0.3) is 5.91 Å². The monoisotopic (exact) mass is 529 g/mol. The van der Waals surface area contributed by atoms with Crippen LogP contribution in [0.5, 0.6) is 11.5 Å². The van der Waals surface area contributed by atoms with Crippen molar-refractivity contribution in [3.05, 3.63) is 67.0 Å². The lowest BCUT2D eigenvalue weighted by atomic mass is 9.97. The number of fused-ring (bicyclic) bond motifs is 2. The van der Waals surface area contributed by atoms with E-state index < -0.39 is 6.04 Å². The van der Waals surface area contributed by atoms with Crippen LogP contribution in [0.15, 0.2) is 37.9 Å². The Morgan fingerprint density at radius 3 is 2.59 bits per heavy atom. The zero-order chi connectivity index (χ0) is 24.7.